The van der Waals surface area contributed by atoms with E-state index < -0.39 is 0 Å². The highest BCUT2D eigenvalue weighted by molar-refractivity contribution is 5.83. The second kappa shape index (κ2) is 3.95. The minimum absolute atomic E-state index is 0.159. The Labute approximate surface area is 88.8 Å². The van der Waals surface area contributed by atoms with Gasteiger partial charge >= 0.3 is 0 Å². The average Bonchev–Trinajstić information content (AvgIpc) is 2.63. The predicted octanol–water partition coefficient (Wildman–Crippen LogP) is 2.13. The summed E-state index contributed by atoms with van der Waals surface area (Å²) in [7, 11) is 0. The van der Waals surface area contributed by atoms with Gasteiger partial charge in [-0.2, -0.15) is 0 Å². The van der Waals surface area contributed by atoms with Crippen molar-refractivity contribution in [3.05, 3.63) is 30.0 Å². The molecule has 0 aliphatic heterocycles. The van der Waals surface area contributed by atoms with Crippen molar-refractivity contribution < 1.29 is 14.9 Å². The Morgan fingerprint density at radius 1 is 1.47 bits per heavy atom. The molecule has 0 unspecified atom stereocenters. The van der Waals surface area contributed by atoms with E-state index in [1.54, 1.807) is 0 Å². The summed E-state index contributed by atoms with van der Waals surface area (Å²) in [5, 5.41) is 1.08. The molecule has 3 heteroatoms. The van der Waals surface area contributed by atoms with Crippen LogP contribution in [0.15, 0.2) is 28.7 Å². The van der Waals surface area contributed by atoms with Gasteiger partial charge in [0.05, 0.1) is 6.61 Å². The molecule has 1 heterocycles. The maximum atomic E-state index is 5.73. The molecule has 80 valence electrons. The van der Waals surface area contributed by atoms with E-state index >= 15 is 0 Å². The van der Waals surface area contributed by atoms with E-state index in [0.29, 0.717) is 6.61 Å². The monoisotopic (exact) mass is 206 g/mol. The van der Waals surface area contributed by atoms with Crippen LogP contribution in [0.5, 0.6) is 5.75 Å². The average molecular weight is 206 g/mol. The van der Waals surface area contributed by atoms with Crippen LogP contribution in [0.4, 0.5) is 0 Å². The Bertz CT molecular complexity index is 460. The van der Waals surface area contributed by atoms with Crippen LogP contribution in [0.3, 0.4) is 0 Å². The van der Waals surface area contributed by atoms with Gasteiger partial charge in [0, 0.05) is 5.39 Å². The van der Waals surface area contributed by atoms with Crippen molar-refractivity contribution in [2.45, 2.75) is 19.9 Å². The summed E-state index contributed by atoms with van der Waals surface area (Å²) in [6, 6.07) is 8.10. The Morgan fingerprint density at radius 3 is 2.93 bits per heavy atom. The smallest absolute Gasteiger partial charge is 0.176 e. The molecule has 2 aromatic rings. The van der Waals surface area contributed by atoms with Crippen LogP contribution >= 0.6 is 0 Å². The number of para-hydroxylation sites is 1. The fourth-order valence-corrected chi connectivity index (χ4v) is 1.57. The Morgan fingerprint density at radius 2 is 2.27 bits per heavy atom. The summed E-state index contributed by atoms with van der Waals surface area (Å²) >= 11 is 0. The first-order chi connectivity index (χ1) is 7.22. The zero-order valence-electron chi connectivity index (χ0n) is 9.12. The van der Waals surface area contributed by atoms with Gasteiger partial charge in [-0.3, -0.25) is 0 Å². The standard InChI is InChI=1S/C12H15NO2/c1-3-14-10-6-4-5-9-7-11(8(2)13)15-12(9)10/h4-8H,3,13H2,1-2H3/p+1/t8-/m0/s1. The maximum Gasteiger partial charge on any atom is 0.176 e. The number of hydrogen-bond donors (Lipinski definition) is 1. The zero-order chi connectivity index (χ0) is 10.8. The minimum atomic E-state index is 0.159. The van der Waals surface area contributed by atoms with Gasteiger partial charge in [-0.25, -0.2) is 0 Å². The van der Waals surface area contributed by atoms with Gasteiger partial charge in [-0.1, -0.05) is 12.1 Å². The molecule has 3 N–H and O–H groups in total. The van der Waals surface area contributed by atoms with Gasteiger partial charge in [0.25, 0.3) is 0 Å². The number of quaternary nitrogens is 1. The molecule has 0 saturated heterocycles. The summed E-state index contributed by atoms with van der Waals surface area (Å²) < 4.78 is 11.2. The molecule has 0 radical (unpaired) electrons. The van der Waals surface area contributed by atoms with Gasteiger partial charge in [0.1, 0.15) is 6.04 Å². The van der Waals surface area contributed by atoms with E-state index in [9.17, 15) is 0 Å². The van der Waals surface area contributed by atoms with E-state index in [4.69, 9.17) is 9.15 Å². The molecule has 0 saturated carbocycles. The predicted molar refractivity (Wildman–Crippen MR) is 58.7 cm³/mol. The van der Waals surface area contributed by atoms with Crippen molar-refractivity contribution in [3.63, 3.8) is 0 Å². The highest BCUT2D eigenvalue weighted by atomic mass is 16.5. The van der Waals surface area contributed by atoms with Crippen LogP contribution < -0.4 is 10.5 Å². The number of rotatable bonds is 3. The highest BCUT2D eigenvalue weighted by Crippen LogP contribution is 2.30. The van der Waals surface area contributed by atoms with E-state index in [1.807, 2.05) is 38.1 Å². The highest BCUT2D eigenvalue weighted by Gasteiger charge is 2.12. The summed E-state index contributed by atoms with van der Waals surface area (Å²) in [4.78, 5) is 0. The van der Waals surface area contributed by atoms with E-state index in [2.05, 4.69) is 5.73 Å². The first kappa shape index (κ1) is 10.1. The minimum Gasteiger partial charge on any atom is -0.490 e. The van der Waals surface area contributed by atoms with Crippen LogP contribution in [-0.2, 0) is 0 Å². The van der Waals surface area contributed by atoms with E-state index in [1.165, 1.54) is 0 Å². The molecule has 0 aliphatic carbocycles. The van der Waals surface area contributed by atoms with E-state index in [0.717, 1.165) is 22.5 Å². The second-order valence-corrected chi connectivity index (χ2v) is 3.66. The van der Waals surface area contributed by atoms with Crippen LogP contribution in [-0.4, -0.2) is 6.61 Å². The van der Waals surface area contributed by atoms with Crippen molar-refractivity contribution in [2.24, 2.45) is 0 Å². The molecular weight excluding hydrogens is 190 g/mol. The maximum absolute atomic E-state index is 5.73. The molecule has 0 amide bonds. The lowest BCUT2D eigenvalue weighted by atomic mass is 10.2. The van der Waals surface area contributed by atoms with Crippen molar-refractivity contribution in [2.75, 3.05) is 6.61 Å². The van der Waals surface area contributed by atoms with Gasteiger partial charge in [0.2, 0.25) is 0 Å². The molecule has 1 aromatic heterocycles. The summed E-state index contributed by atoms with van der Waals surface area (Å²) in [6.45, 7) is 4.62. The number of fused-ring (bicyclic) bond motifs is 1. The summed E-state index contributed by atoms with van der Waals surface area (Å²) in [5.41, 5.74) is 4.77. The third kappa shape index (κ3) is 1.83. The Kier molecular flexibility index (Phi) is 2.64. The van der Waals surface area contributed by atoms with Crippen molar-refractivity contribution in [1.29, 1.82) is 0 Å². The molecule has 1 atom stereocenters. The van der Waals surface area contributed by atoms with Crippen LogP contribution in [0.2, 0.25) is 0 Å². The van der Waals surface area contributed by atoms with Crippen LogP contribution in [0, 0.1) is 0 Å². The lowest BCUT2D eigenvalue weighted by molar-refractivity contribution is -0.424. The van der Waals surface area contributed by atoms with Crippen LogP contribution in [0.1, 0.15) is 25.6 Å². The first-order valence-electron chi connectivity index (χ1n) is 5.20. The summed E-state index contributed by atoms with van der Waals surface area (Å²) in [5.74, 6) is 1.71. The third-order valence-electron chi connectivity index (χ3n) is 2.31. The lowest BCUT2D eigenvalue weighted by Crippen LogP contribution is -2.51. The topological polar surface area (TPSA) is 50.0 Å². The molecule has 0 bridgehead atoms. The fourth-order valence-electron chi connectivity index (χ4n) is 1.57. The van der Waals surface area contributed by atoms with Crippen molar-refractivity contribution >= 4 is 11.0 Å². The number of hydrogen-bond acceptors (Lipinski definition) is 2. The number of ether oxygens (including phenoxy) is 1. The molecule has 2 rings (SSSR count). The normalized spacial score (nSPS) is 13.0. The number of benzene rings is 1. The van der Waals surface area contributed by atoms with Gasteiger partial charge in [-0.05, 0) is 26.0 Å². The lowest BCUT2D eigenvalue weighted by Gasteiger charge is -2.02. The molecule has 1 aromatic carbocycles. The molecule has 3 nitrogen and oxygen atoms in total. The molecule has 0 spiro atoms. The van der Waals surface area contributed by atoms with E-state index in [-0.39, 0.29) is 6.04 Å². The second-order valence-electron chi connectivity index (χ2n) is 3.66. The Hall–Kier alpha value is -1.48. The Balaban J connectivity index is 2.54. The molecular formula is C12H16NO2+. The van der Waals surface area contributed by atoms with Crippen molar-refractivity contribution in [3.8, 4) is 5.75 Å². The third-order valence-corrected chi connectivity index (χ3v) is 2.31. The quantitative estimate of drug-likeness (QED) is 0.836. The fraction of sp³-hybridized carbons (Fsp3) is 0.333. The number of furan rings is 1. The summed E-state index contributed by atoms with van der Waals surface area (Å²) in [6.07, 6.45) is 0. The SMILES string of the molecule is CCOc1cccc2cc([C@H](C)[NH3+])oc12. The van der Waals surface area contributed by atoms with Gasteiger partial charge in [0.15, 0.2) is 17.1 Å². The van der Waals surface area contributed by atoms with Gasteiger partial charge in [-0.15, -0.1) is 0 Å². The largest absolute Gasteiger partial charge is 0.490 e. The van der Waals surface area contributed by atoms with Gasteiger partial charge < -0.3 is 14.9 Å². The molecule has 15 heavy (non-hydrogen) atoms. The molecule has 0 aliphatic rings. The van der Waals surface area contributed by atoms with Crippen LogP contribution in [0.25, 0.3) is 11.0 Å². The molecule has 0 fully saturated rings. The first-order valence-corrected chi connectivity index (χ1v) is 5.20. The van der Waals surface area contributed by atoms with Crippen molar-refractivity contribution in [1.82, 2.24) is 0 Å². The zero-order valence-corrected chi connectivity index (χ0v) is 9.12.